The molecule has 0 saturated heterocycles. The highest BCUT2D eigenvalue weighted by molar-refractivity contribution is 6.20. The summed E-state index contributed by atoms with van der Waals surface area (Å²) in [6, 6.07) is 56.6. The maximum atomic E-state index is 4.91. The van der Waals surface area contributed by atoms with Crippen molar-refractivity contribution >= 4 is 32.4 Å². The van der Waals surface area contributed by atoms with Crippen molar-refractivity contribution in [3.8, 4) is 44.5 Å². The zero-order chi connectivity index (χ0) is 27.9. The predicted octanol–water partition coefficient (Wildman–Crippen LogP) is 11.2. The molecule has 0 amide bonds. The lowest BCUT2D eigenvalue weighted by molar-refractivity contribution is 1.42. The van der Waals surface area contributed by atoms with Crippen LogP contribution >= 0.6 is 0 Å². The molecule has 0 aliphatic heterocycles. The lowest BCUT2D eigenvalue weighted by atomic mass is 9.87. The Kier molecular flexibility index (Phi) is 5.86. The van der Waals surface area contributed by atoms with E-state index in [0.29, 0.717) is 0 Å². The van der Waals surface area contributed by atoms with Crippen LogP contribution in [-0.2, 0) is 0 Å². The van der Waals surface area contributed by atoms with Crippen LogP contribution in [0.2, 0.25) is 0 Å². The van der Waals surface area contributed by atoms with Crippen molar-refractivity contribution in [3.63, 3.8) is 0 Å². The fourth-order valence-corrected chi connectivity index (χ4v) is 6.27. The number of nitrogens with zero attached hydrogens (tertiary/aromatic N) is 1. The molecule has 1 heterocycles. The summed E-state index contributed by atoms with van der Waals surface area (Å²) in [7, 11) is 0. The SMILES string of the molecule is c1ccc(-c2ccc3cc(-c4ccc(-c5c6ccccc6c(-c6ccccc6)c6ncccc56)cc4)ccc3c2)cc1. The maximum absolute atomic E-state index is 4.91. The molecule has 0 fully saturated rings. The third-order valence-electron chi connectivity index (χ3n) is 8.30. The molecule has 0 aliphatic carbocycles. The van der Waals surface area contributed by atoms with E-state index in [1.165, 1.54) is 71.4 Å². The van der Waals surface area contributed by atoms with E-state index in [1.807, 2.05) is 12.3 Å². The molecule has 196 valence electrons. The molecule has 1 aromatic heterocycles. The summed E-state index contributed by atoms with van der Waals surface area (Å²) in [6.45, 7) is 0. The standard InChI is InChI=1S/C41H27N/c1-3-10-28(11-4-1)32-21-23-35-27-33(22-24-34(35)26-32)29-17-19-31(20-18-29)39-36-14-7-8-15-37(36)40(30-12-5-2-6-13-30)41-38(39)16-9-25-42-41/h1-27H. The van der Waals surface area contributed by atoms with Crippen molar-refractivity contribution in [1.82, 2.24) is 4.98 Å². The minimum Gasteiger partial charge on any atom is -0.256 e. The van der Waals surface area contributed by atoms with Crippen molar-refractivity contribution < 1.29 is 0 Å². The zero-order valence-electron chi connectivity index (χ0n) is 23.0. The van der Waals surface area contributed by atoms with Crippen LogP contribution in [0.5, 0.6) is 0 Å². The van der Waals surface area contributed by atoms with Gasteiger partial charge < -0.3 is 0 Å². The molecule has 0 bridgehead atoms. The molecule has 0 spiro atoms. The fourth-order valence-electron chi connectivity index (χ4n) is 6.27. The van der Waals surface area contributed by atoms with Gasteiger partial charge in [0.25, 0.3) is 0 Å². The van der Waals surface area contributed by atoms with Gasteiger partial charge in [0, 0.05) is 17.1 Å². The molecular weight excluding hydrogens is 506 g/mol. The number of aromatic nitrogens is 1. The van der Waals surface area contributed by atoms with E-state index in [2.05, 4.69) is 152 Å². The second-order valence-electron chi connectivity index (χ2n) is 10.8. The second kappa shape index (κ2) is 10.1. The fraction of sp³-hybridized carbons (Fsp3) is 0. The monoisotopic (exact) mass is 533 g/mol. The van der Waals surface area contributed by atoms with Gasteiger partial charge in [0.05, 0.1) is 5.52 Å². The maximum Gasteiger partial charge on any atom is 0.0792 e. The molecule has 8 aromatic rings. The summed E-state index contributed by atoms with van der Waals surface area (Å²) in [5.74, 6) is 0. The Hall–Kier alpha value is -5.53. The molecule has 0 saturated carbocycles. The van der Waals surface area contributed by atoms with Gasteiger partial charge >= 0.3 is 0 Å². The summed E-state index contributed by atoms with van der Waals surface area (Å²) in [6.07, 6.45) is 1.90. The molecule has 0 atom stereocenters. The van der Waals surface area contributed by atoms with E-state index in [-0.39, 0.29) is 0 Å². The zero-order valence-corrected chi connectivity index (χ0v) is 23.0. The van der Waals surface area contributed by atoms with Crippen LogP contribution in [0.25, 0.3) is 77.0 Å². The Morgan fingerprint density at radius 1 is 0.310 bits per heavy atom. The van der Waals surface area contributed by atoms with Crippen LogP contribution in [-0.4, -0.2) is 4.98 Å². The van der Waals surface area contributed by atoms with Crippen molar-refractivity contribution in [2.75, 3.05) is 0 Å². The van der Waals surface area contributed by atoms with E-state index in [0.717, 1.165) is 5.52 Å². The van der Waals surface area contributed by atoms with Gasteiger partial charge in [-0.05, 0) is 78.7 Å². The van der Waals surface area contributed by atoms with Crippen LogP contribution < -0.4 is 0 Å². The third kappa shape index (κ3) is 4.15. The summed E-state index contributed by atoms with van der Waals surface area (Å²) in [5, 5.41) is 6.13. The first-order chi connectivity index (χ1) is 20.8. The Balaban J connectivity index is 1.23. The summed E-state index contributed by atoms with van der Waals surface area (Å²) < 4.78 is 0. The lowest BCUT2D eigenvalue weighted by Crippen LogP contribution is -1.92. The van der Waals surface area contributed by atoms with E-state index in [9.17, 15) is 0 Å². The lowest BCUT2D eigenvalue weighted by Gasteiger charge is -2.17. The van der Waals surface area contributed by atoms with Gasteiger partial charge in [-0.15, -0.1) is 0 Å². The van der Waals surface area contributed by atoms with Crippen LogP contribution in [0.3, 0.4) is 0 Å². The Bertz CT molecular complexity index is 2160. The van der Waals surface area contributed by atoms with Gasteiger partial charge in [-0.25, -0.2) is 0 Å². The normalized spacial score (nSPS) is 11.3. The number of fused-ring (bicyclic) bond motifs is 3. The molecule has 42 heavy (non-hydrogen) atoms. The van der Waals surface area contributed by atoms with E-state index < -0.39 is 0 Å². The second-order valence-corrected chi connectivity index (χ2v) is 10.8. The Morgan fingerprint density at radius 3 is 1.40 bits per heavy atom. The highest BCUT2D eigenvalue weighted by Crippen LogP contribution is 2.43. The van der Waals surface area contributed by atoms with Crippen LogP contribution in [0.4, 0.5) is 0 Å². The highest BCUT2D eigenvalue weighted by Gasteiger charge is 2.17. The number of benzene rings is 7. The van der Waals surface area contributed by atoms with Gasteiger partial charge in [-0.2, -0.15) is 0 Å². The highest BCUT2D eigenvalue weighted by atomic mass is 14.7. The molecule has 0 unspecified atom stereocenters. The van der Waals surface area contributed by atoms with Gasteiger partial charge in [0.15, 0.2) is 0 Å². The topological polar surface area (TPSA) is 12.9 Å². The number of pyridine rings is 1. The number of hydrogen-bond acceptors (Lipinski definition) is 1. The van der Waals surface area contributed by atoms with Crippen LogP contribution in [0.15, 0.2) is 164 Å². The van der Waals surface area contributed by atoms with Gasteiger partial charge in [0.1, 0.15) is 0 Å². The Morgan fingerprint density at radius 2 is 0.762 bits per heavy atom. The largest absolute Gasteiger partial charge is 0.256 e. The third-order valence-corrected chi connectivity index (χ3v) is 8.30. The van der Waals surface area contributed by atoms with Gasteiger partial charge in [-0.1, -0.05) is 140 Å². The predicted molar refractivity (Wildman–Crippen MR) is 178 cm³/mol. The molecular formula is C41H27N. The minimum absolute atomic E-state index is 1.03. The summed E-state index contributed by atoms with van der Waals surface area (Å²) in [5.41, 5.74) is 10.7. The first-order valence-electron chi connectivity index (χ1n) is 14.4. The molecule has 0 aliphatic rings. The quantitative estimate of drug-likeness (QED) is 0.205. The first-order valence-corrected chi connectivity index (χ1v) is 14.4. The smallest absolute Gasteiger partial charge is 0.0792 e. The molecule has 8 rings (SSSR count). The average molecular weight is 534 g/mol. The van der Waals surface area contributed by atoms with E-state index in [1.54, 1.807) is 0 Å². The molecule has 1 heteroatoms. The number of rotatable bonds is 4. The molecule has 0 N–H and O–H groups in total. The van der Waals surface area contributed by atoms with Crippen LogP contribution in [0.1, 0.15) is 0 Å². The number of hydrogen-bond donors (Lipinski definition) is 0. The minimum atomic E-state index is 1.03. The summed E-state index contributed by atoms with van der Waals surface area (Å²) >= 11 is 0. The van der Waals surface area contributed by atoms with Gasteiger partial charge in [-0.3, -0.25) is 4.98 Å². The van der Waals surface area contributed by atoms with E-state index in [4.69, 9.17) is 4.98 Å². The first kappa shape index (κ1) is 24.3. The van der Waals surface area contributed by atoms with Crippen molar-refractivity contribution in [2.45, 2.75) is 0 Å². The van der Waals surface area contributed by atoms with Crippen molar-refractivity contribution in [1.29, 1.82) is 0 Å². The molecule has 1 nitrogen and oxygen atoms in total. The molecule has 0 radical (unpaired) electrons. The average Bonchev–Trinajstić information content (AvgIpc) is 3.07. The summed E-state index contributed by atoms with van der Waals surface area (Å²) in [4.78, 5) is 4.91. The van der Waals surface area contributed by atoms with Crippen molar-refractivity contribution in [3.05, 3.63) is 164 Å². The van der Waals surface area contributed by atoms with Crippen molar-refractivity contribution in [2.24, 2.45) is 0 Å². The van der Waals surface area contributed by atoms with Crippen LogP contribution in [0, 0.1) is 0 Å². The van der Waals surface area contributed by atoms with Gasteiger partial charge in [0.2, 0.25) is 0 Å². The van der Waals surface area contributed by atoms with E-state index >= 15 is 0 Å². The molecule has 7 aromatic carbocycles. The Labute approximate surface area is 245 Å².